The van der Waals surface area contributed by atoms with Crippen LogP contribution in [0.25, 0.3) is 0 Å². The van der Waals surface area contributed by atoms with E-state index in [1.54, 1.807) is 23.1 Å². The van der Waals surface area contributed by atoms with Crippen LogP contribution < -0.4 is 19.7 Å². The van der Waals surface area contributed by atoms with Crippen LogP contribution in [-0.2, 0) is 16.0 Å². The van der Waals surface area contributed by atoms with E-state index in [0.29, 0.717) is 23.7 Å². The van der Waals surface area contributed by atoms with Gasteiger partial charge in [-0.15, -0.1) is 0 Å². The molecule has 1 aliphatic rings. The van der Waals surface area contributed by atoms with Crippen molar-refractivity contribution in [2.24, 2.45) is 0 Å². The van der Waals surface area contributed by atoms with Gasteiger partial charge in [0.1, 0.15) is 11.5 Å². The standard InChI is InChI=1S/C26H26N2O4/c29-25(15-17-31-22-11-5-2-6-12-22)27-21-13-14-24-23(18-21)28(26(30)19-32-24)16-7-10-20-8-3-1-4-9-20/h1-6,8-9,11-14,18H,7,10,15-17,19H2,(H,27,29). The minimum atomic E-state index is -0.153. The number of nitrogens with one attached hydrogen (secondary N) is 1. The summed E-state index contributed by atoms with van der Waals surface area (Å²) >= 11 is 0. The fourth-order valence-corrected chi connectivity index (χ4v) is 3.61. The largest absolute Gasteiger partial charge is 0.493 e. The van der Waals surface area contributed by atoms with E-state index in [-0.39, 0.29) is 31.4 Å². The van der Waals surface area contributed by atoms with Gasteiger partial charge in [-0.1, -0.05) is 48.5 Å². The van der Waals surface area contributed by atoms with Crippen molar-refractivity contribution < 1.29 is 19.1 Å². The Hall–Kier alpha value is -3.80. The zero-order chi connectivity index (χ0) is 22.2. The summed E-state index contributed by atoms with van der Waals surface area (Å²) in [6.07, 6.45) is 1.95. The second kappa shape index (κ2) is 10.5. The zero-order valence-electron chi connectivity index (χ0n) is 17.8. The number of rotatable bonds is 9. The molecule has 0 unspecified atom stereocenters. The van der Waals surface area contributed by atoms with E-state index >= 15 is 0 Å². The van der Waals surface area contributed by atoms with Crippen molar-refractivity contribution in [3.05, 3.63) is 84.4 Å². The number of nitrogens with zero attached hydrogens (tertiary/aromatic N) is 1. The van der Waals surface area contributed by atoms with Gasteiger partial charge in [0.2, 0.25) is 5.91 Å². The normalized spacial score (nSPS) is 12.6. The first-order valence-electron chi connectivity index (χ1n) is 10.8. The predicted molar refractivity (Wildman–Crippen MR) is 124 cm³/mol. The molecule has 0 fully saturated rings. The number of para-hydroxylation sites is 1. The Balaban J connectivity index is 1.34. The fraction of sp³-hybridized carbons (Fsp3) is 0.231. The Labute approximate surface area is 187 Å². The number of aryl methyl sites for hydroxylation is 1. The monoisotopic (exact) mass is 430 g/mol. The van der Waals surface area contributed by atoms with Gasteiger partial charge in [-0.2, -0.15) is 0 Å². The molecule has 32 heavy (non-hydrogen) atoms. The van der Waals surface area contributed by atoms with Crippen molar-refractivity contribution in [3.8, 4) is 11.5 Å². The van der Waals surface area contributed by atoms with E-state index in [2.05, 4.69) is 17.4 Å². The summed E-state index contributed by atoms with van der Waals surface area (Å²) in [7, 11) is 0. The first-order valence-corrected chi connectivity index (χ1v) is 10.8. The van der Waals surface area contributed by atoms with E-state index < -0.39 is 0 Å². The number of hydrogen-bond acceptors (Lipinski definition) is 4. The van der Waals surface area contributed by atoms with Crippen LogP contribution in [0.5, 0.6) is 11.5 Å². The van der Waals surface area contributed by atoms with Gasteiger partial charge in [-0.05, 0) is 48.7 Å². The van der Waals surface area contributed by atoms with Crippen LogP contribution in [0, 0.1) is 0 Å². The number of fused-ring (bicyclic) bond motifs is 1. The third kappa shape index (κ3) is 5.66. The lowest BCUT2D eigenvalue weighted by atomic mass is 10.1. The molecular formula is C26H26N2O4. The first kappa shape index (κ1) is 21.4. The Morgan fingerprint density at radius 1 is 1.00 bits per heavy atom. The van der Waals surface area contributed by atoms with Gasteiger partial charge in [-0.25, -0.2) is 0 Å². The Kier molecular flexibility index (Phi) is 7.02. The highest BCUT2D eigenvalue weighted by atomic mass is 16.5. The van der Waals surface area contributed by atoms with Crippen LogP contribution in [0.3, 0.4) is 0 Å². The summed E-state index contributed by atoms with van der Waals surface area (Å²) in [5.41, 5.74) is 2.56. The van der Waals surface area contributed by atoms with Gasteiger partial charge in [0.05, 0.1) is 18.7 Å². The lowest BCUT2D eigenvalue weighted by Crippen LogP contribution is -2.39. The van der Waals surface area contributed by atoms with E-state index in [9.17, 15) is 9.59 Å². The third-order valence-electron chi connectivity index (χ3n) is 5.22. The van der Waals surface area contributed by atoms with Crippen molar-refractivity contribution >= 4 is 23.2 Å². The van der Waals surface area contributed by atoms with E-state index in [1.165, 1.54) is 5.56 Å². The summed E-state index contributed by atoms with van der Waals surface area (Å²) in [4.78, 5) is 26.6. The third-order valence-corrected chi connectivity index (χ3v) is 5.22. The summed E-state index contributed by atoms with van der Waals surface area (Å²) in [6.45, 7) is 0.904. The topological polar surface area (TPSA) is 67.9 Å². The number of carbonyl (C=O) groups excluding carboxylic acids is 2. The molecule has 6 heteroatoms. The van der Waals surface area contributed by atoms with Crippen molar-refractivity contribution in [2.75, 3.05) is 30.0 Å². The second-order valence-electron chi connectivity index (χ2n) is 7.57. The molecule has 0 aromatic heterocycles. The van der Waals surface area contributed by atoms with E-state index in [1.807, 2.05) is 48.5 Å². The number of hydrogen-bond donors (Lipinski definition) is 1. The highest BCUT2D eigenvalue weighted by molar-refractivity contribution is 5.99. The fourth-order valence-electron chi connectivity index (χ4n) is 3.61. The lowest BCUT2D eigenvalue weighted by molar-refractivity contribution is -0.121. The molecule has 0 atom stereocenters. The first-order chi connectivity index (χ1) is 15.7. The minimum Gasteiger partial charge on any atom is -0.493 e. The van der Waals surface area contributed by atoms with Crippen molar-refractivity contribution in [1.82, 2.24) is 0 Å². The highest BCUT2D eigenvalue weighted by Crippen LogP contribution is 2.34. The molecule has 6 nitrogen and oxygen atoms in total. The maximum absolute atomic E-state index is 12.5. The summed E-state index contributed by atoms with van der Waals surface area (Å²) in [5, 5.41) is 2.88. The summed E-state index contributed by atoms with van der Waals surface area (Å²) in [5.74, 6) is 1.15. The highest BCUT2D eigenvalue weighted by Gasteiger charge is 2.25. The van der Waals surface area contributed by atoms with Crippen LogP contribution in [0.1, 0.15) is 18.4 Å². The molecule has 0 saturated heterocycles. The van der Waals surface area contributed by atoms with Crippen LogP contribution in [0.4, 0.5) is 11.4 Å². The summed E-state index contributed by atoms with van der Waals surface area (Å²) < 4.78 is 11.2. The average Bonchev–Trinajstić information content (AvgIpc) is 2.82. The SMILES string of the molecule is O=C(CCOc1ccccc1)Nc1ccc2c(c1)N(CCCc1ccccc1)C(=O)CO2. The van der Waals surface area contributed by atoms with Crippen LogP contribution in [-0.4, -0.2) is 31.6 Å². The van der Waals surface area contributed by atoms with Gasteiger partial charge in [-0.3, -0.25) is 9.59 Å². The number of benzene rings is 3. The Morgan fingerprint density at radius 2 is 1.75 bits per heavy atom. The minimum absolute atomic E-state index is 0.0286. The van der Waals surface area contributed by atoms with Gasteiger partial charge in [0, 0.05) is 12.2 Å². The molecule has 0 bridgehead atoms. The molecule has 0 radical (unpaired) electrons. The zero-order valence-corrected chi connectivity index (χ0v) is 17.8. The summed E-state index contributed by atoms with van der Waals surface area (Å²) in [6, 6.07) is 25.0. The van der Waals surface area contributed by atoms with Crippen molar-refractivity contribution in [1.29, 1.82) is 0 Å². The number of amides is 2. The van der Waals surface area contributed by atoms with Gasteiger partial charge in [0.25, 0.3) is 5.91 Å². The number of carbonyl (C=O) groups is 2. The predicted octanol–water partition coefficient (Wildman–Crippen LogP) is 4.45. The van der Waals surface area contributed by atoms with Crippen molar-refractivity contribution in [2.45, 2.75) is 19.3 Å². The van der Waals surface area contributed by atoms with Gasteiger partial charge in [0.15, 0.2) is 6.61 Å². The molecule has 0 aliphatic carbocycles. The molecule has 1 aliphatic heterocycles. The Bertz CT molecular complexity index is 1050. The van der Waals surface area contributed by atoms with Gasteiger partial charge >= 0.3 is 0 Å². The molecular weight excluding hydrogens is 404 g/mol. The average molecular weight is 431 g/mol. The maximum atomic E-state index is 12.5. The van der Waals surface area contributed by atoms with Crippen LogP contribution in [0.2, 0.25) is 0 Å². The smallest absolute Gasteiger partial charge is 0.265 e. The molecule has 4 rings (SSSR count). The maximum Gasteiger partial charge on any atom is 0.265 e. The Morgan fingerprint density at radius 3 is 2.53 bits per heavy atom. The second-order valence-corrected chi connectivity index (χ2v) is 7.57. The van der Waals surface area contributed by atoms with Crippen molar-refractivity contribution in [3.63, 3.8) is 0 Å². The molecule has 1 heterocycles. The lowest BCUT2D eigenvalue weighted by Gasteiger charge is -2.30. The molecule has 3 aromatic carbocycles. The molecule has 1 N–H and O–H groups in total. The van der Waals surface area contributed by atoms with Crippen LogP contribution >= 0.6 is 0 Å². The number of anilines is 2. The quantitative estimate of drug-likeness (QED) is 0.545. The molecule has 164 valence electrons. The van der Waals surface area contributed by atoms with Gasteiger partial charge < -0.3 is 19.7 Å². The molecule has 0 spiro atoms. The number of ether oxygens (including phenoxy) is 2. The molecule has 2 amide bonds. The van der Waals surface area contributed by atoms with E-state index in [4.69, 9.17) is 9.47 Å². The molecule has 3 aromatic rings. The molecule has 0 saturated carbocycles. The van der Waals surface area contributed by atoms with Crippen LogP contribution in [0.15, 0.2) is 78.9 Å². The van der Waals surface area contributed by atoms with E-state index in [0.717, 1.165) is 18.6 Å².